The van der Waals surface area contributed by atoms with Crippen LogP contribution < -0.4 is 14.7 Å². The highest BCUT2D eigenvalue weighted by Crippen LogP contribution is 2.21. The number of carbonyl (C=O) groups excluding carboxylic acids is 1. The molecule has 0 bridgehead atoms. The van der Waals surface area contributed by atoms with Crippen LogP contribution in [0.25, 0.3) is 10.2 Å². The van der Waals surface area contributed by atoms with Crippen LogP contribution in [-0.4, -0.2) is 39.2 Å². The first-order valence-electron chi connectivity index (χ1n) is 8.79. The van der Waals surface area contributed by atoms with E-state index >= 15 is 0 Å². The molecule has 0 aliphatic rings. The van der Waals surface area contributed by atoms with Crippen molar-refractivity contribution in [1.29, 1.82) is 0 Å². The summed E-state index contributed by atoms with van der Waals surface area (Å²) in [6.45, 7) is 1.10. The maximum Gasteiger partial charge on any atom is 0.251 e. The number of nitrogens with zero attached hydrogens (tertiary/aromatic N) is 2. The zero-order valence-electron chi connectivity index (χ0n) is 15.8. The Kier molecular flexibility index (Phi) is 6.80. The Morgan fingerprint density at radius 2 is 1.93 bits per heavy atom. The molecule has 29 heavy (non-hydrogen) atoms. The molecule has 0 atom stereocenters. The Morgan fingerprint density at radius 1 is 1.17 bits per heavy atom. The molecule has 0 aliphatic heterocycles. The zero-order chi connectivity index (χ0) is 20.9. The third-order valence-corrected chi connectivity index (χ3v) is 6.00. The Labute approximate surface area is 172 Å². The SMILES string of the molecule is COCCn1c(=NC(=O)CCOc2ccccc2)sc2cc(S(N)(=O)=O)ccc21. The van der Waals surface area contributed by atoms with Gasteiger partial charge in [-0.15, -0.1) is 0 Å². The van der Waals surface area contributed by atoms with Crippen molar-refractivity contribution in [2.24, 2.45) is 10.1 Å². The average Bonchev–Trinajstić information content (AvgIpc) is 3.02. The third kappa shape index (κ3) is 5.51. The van der Waals surface area contributed by atoms with Gasteiger partial charge in [0.1, 0.15) is 5.75 Å². The number of primary sulfonamides is 1. The van der Waals surface area contributed by atoms with Crippen molar-refractivity contribution in [1.82, 2.24) is 4.57 Å². The van der Waals surface area contributed by atoms with Crippen LogP contribution in [0.1, 0.15) is 6.42 Å². The third-order valence-electron chi connectivity index (χ3n) is 4.05. The maximum atomic E-state index is 12.3. The lowest BCUT2D eigenvalue weighted by molar-refractivity contribution is -0.118. The summed E-state index contributed by atoms with van der Waals surface area (Å²) in [7, 11) is -2.24. The van der Waals surface area contributed by atoms with Gasteiger partial charge >= 0.3 is 0 Å². The molecule has 154 valence electrons. The van der Waals surface area contributed by atoms with Gasteiger partial charge in [-0.25, -0.2) is 13.6 Å². The highest BCUT2D eigenvalue weighted by molar-refractivity contribution is 7.89. The summed E-state index contributed by atoms with van der Waals surface area (Å²) < 4.78 is 36.4. The molecule has 8 nitrogen and oxygen atoms in total. The van der Waals surface area contributed by atoms with Crippen LogP contribution in [0, 0.1) is 0 Å². The number of thiazole rings is 1. The summed E-state index contributed by atoms with van der Waals surface area (Å²) in [6.07, 6.45) is 0.121. The summed E-state index contributed by atoms with van der Waals surface area (Å²) in [5, 5.41) is 5.22. The molecule has 10 heteroatoms. The van der Waals surface area contributed by atoms with E-state index in [1.165, 1.54) is 23.5 Å². The van der Waals surface area contributed by atoms with Crippen molar-refractivity contribution >= 4 is 37.5 Å². The number of para-hydroxylation sites is 1. The quantitative estimate of drug-likeness (QED) is 0.581. The molecule has 2 N–H and O–H groups in total. The number of ether oxygens (including phenoxy) is 2. The summed E-state index contributed by atoms with van der Waals surface area (Å²) in [5.41, 5.74) is 0.756. The van der Waals surface area contributed by atoms with Gasteiger partial charge in [-0.05, 0) is 30.3 Å². The first-order valence-corrected chi connectivity index (χ1v) is 11.2. The molecule has 0 spiro atoms. The van der Waals surface area contributed by atoms with E-state index in [0.717, 1.165) is 5.52 Å². The minimum absolute atomic E-state index is 0.0132. The number of fused-ring (bicyclic) bond motifs is 1. The molecule has 0 radical (unpaired) electrons. The van der Waals surface area contributed by atoms with Gasteiger partial charge in [0.15, 0.2) is 4.80 Å². The van der Waals surface area contributed by atoms with Crippen molar-refractivity contribution in [3.63, 3.8) is 0 Å². The topological polar surface area (TPSA) is 113 Å². The number of amides is 1. The number of rotatable bonds is 8. The normalized spacial score (nSPS) is 12.4. The van der Waals surface area contributed by atoms with Crippen LogP contribution in [0.4, 0.5) is 0 Å². The molecule has 1 aromatic heterocycles. The summed E-state index contributed by atoms with van der Waals surface area (Å²) >= 11 is 1.22. The van der Waals surface area contributed by atoms with Crippen LogP contribution in [0.5, 0.6) is 5.75 Å². The van der Waals surface area contributed by atoms with Crippen LogP contribution >= 0.6 is 11.3 Å². The van der Waals surface area contributed by atoms with E-state index in [2.05, 4.69) is 4.99 Å². The number of benzene rings is 2. The number of sulfonamides is 1. The fourth-order valence-corrected chi connectivity index (χ4v) is 4.38. The molecule has 0 fully saturated rings. The van der Waals surface area contributed by atoms with Gasteiger partial charge < -0.3 is 14.0 Å². The van der Waals surface area contributed by atoms with Gasteiger partial charge in [-0.3, -0.25) is 4.79 Å². The van der Waals surface area contributed by atoms with E-state index in [0.29, 0.717) is 28.4 Å². The lowest BCUT2D eigenvalue weighted by Crippen LogP contribution is -2.20. The second-order valence-electron chi connectivity index (χ2n) is 6.12. The van der Waals surface area contributed by atoms with Gasteiger partial charge in [0.2, 0.25) is 10.0 Å². The minimum atomic E-state index is -3.82. The van der Waals surface area contributed by atoms with E-state index in [1.807, 2.05) is 34.9 Å². The van der Waals surface area contributed by atoms with Crippen LogP contribution in [0.2, 0.25) is 0 Å². The summed E-state index contributed by atoms with van der Waals surface area (Å²) in [6, 6.07) is 13.8. The maximum absolute atomic E-state index is 12.3. The summed E-state index contributed by atoms with van der Waals surface area (Å²) in [5.74, 6) is 0.359. The Morgan fingerprint density at radius 3 is 2.62 bits per heavy atom. The lowest BCUT2D eigenvalue weighted by atomic mass is 10.3. The molecule has 3 rings (SSSR count). The minimum Gasteiger partial charge on any atom is -0.493 e. The van der Waals surface area contributed by atoms with E-state index in [1.54, 1.807) is 13.2 Å². The predicted octanol–water partition coefficient (Wildman–Crippen LogP) is 1.89. The number of hydrogen-bond donors (Lipinski definition) is 1. The molecular weight excluding hydrogens is 414 g/mol. The molecular formula is C19H21N3O5S2. The molecule has 3 aromatic rings. The smallest absolute Gasteiger partial charge is 0.251 e. The first-order chi connectivity index (χ1) is 13.9. The molecule has 1 amide bonds. The molecule has 0 saturated heterocycles. The average molecular weight is 436 g/mol. The molecule has 0 aliphatic carbocycles. The second kappa shape index (κ2) is 9.31. The molecule has 1 heterocycles. The van der Waals surface area contributed by atoms with Crippen LogP contribution in [0.15, 0.2) is 58.4 Å². The highest BCUT2D eigenvalue weighted by atomic mass is 32.2. The van der Waals surface area contributed by atoms with Gasteiger partial charge in [0, 0.05) is 13.7 Å². The zero-order valence-corrected chi connectivity index (χ0v) is 17.4. The van der Waals surface area contributed by atoms with Crippen molar-refractivity contribution in [3.05, 3.63) is 53.3 Å². The van der Waals surface area contributed by atoms with Crippen molar-refractivity contribution in [3.8, 4) is 5.75 Å². The van der Waals surface area contributed by atoms with Crippen LogP contribution in [0.3, 0.4) is 0 Å². The van der Waals surface area contributed by atoms with Gasteiger partial charge in [-0.1, -0.05) is 29.5 Å². The Balaban J connectivity index is 1.86. The van der Waals surface area contributed by atoms with Crippen molar-refractivity contribution in [2.45, 2.75) is 17.9 Å². The molecule has 0 unspecified atom stereocenters. The second-order valence-corrected chi connectivity index (χ2v) is 8.69. The number of aromatic nitrogens is 1. The Bertz CT molecular complexity index is 1170. The number of carbonyl (C=O) groups is 1. The predicted molar refractivity (Wildman–Crippen MR) is 110 cm³/mol. The summed E-state index contributed by atoms with van der Waals surface area (Å²) in [4.78, 5) is 17.0. The van der Waals surface area contributed by atoms with Crippen molar-refractivity contribution < 1.29 is 22.7 Å². The monoisotopic (exact) mass is 435 g/mol. The first kappa shape index (κ1) is 21.2. The standard InChI is InChI=1S/C19H21N3O5S2/c1-26-12-10-22-16-8-7-15(29(20,24)25)13-17(16)28-19(22)21-18(23)9-11-27-14-5-3-2-4-6-14/h2-8,13H,9-12H2,1H3,(H2,20,24,25). The largest absolute Gasteiger partial charge is 0.493 e. The highest BCUT2D eigenvalue weighted by Gasteiger charge is 2.13. The number of methoxy groups -OCH3 is 1. The van der Waals surface area contributed by atoms with Gasteiger partial charge in [0.25, 0.3) is 5.91 Å². The fraction of sp³-hybridized carbons (Fsp3) is 0.263. The van der Waals surface area contributed by atoms with E-state index in [4.69, 9.17) is 14.6 Å². The van der Waals surface area contributed by atoms with Gasteiger partial charge in [-0.2, -0.15) is 4.99 Å². The lowest BCUT2D eigenvalue weighted by Gasteiger charge is -2.05. The Hall–Kier alpha value is -2.53. The van der Waals surface area contributed by atoms with Crippen LogP contribution in [-0.2, 0) is 26.1 Å². The molecule has 2 aromatic carbocycles. The van der Waals surface area contributed by atoms with Crippen molar-refractivity contribution in [2.75, 3.05) is 20.3 Å². The van der Waals surface area contributed by atoms with Gasteiger partial charge in [0.05, 0.1) is 34.7 Å². The number of nitrogens with two attached hydrogens (primary N) is 1. The fourth-order valence-electron chi connectivity index (χ4n) is 2.65. The number of hydrogen-bond acceptors (Lipinski definition) is 6. The van der Waals surface area contributed by atoms with E-state index in [-0.39, 0.29) is 23.8 Å². The van der Waals surface area contributed by atoms with E-state index < -0.39 is 10.0 Å². The van der Waals surface area contributed by atoms with E-state index in [9.17, 15) is 13.2 Å². The molecule has 0 saturated carbocycles.